The second-order valence-corrected chi connectivity index (χ2v) is 8.44. The Hall–Kier alpha value is -2.81. The number of benzene rings is 1. The smallest absolute Gasteiger partial charge is 0.170 e. The molecule has 0 radical (unpaired) electrons. The van der Waals surface area contributed by atoms with E-state index in [0.29, 0.717) is 0 Å². The molecule has 0 unspecified atom stereocenters. The lowest BCUT2D eigenvalue weighted by Gasteiger charge is -2.32. The minimum absolute atomic E-state index is 0.0431. The Morgan fingerprint density at radius 1 is 1.03 bits per heavy atom. The minimum Gasteiger partial charge on any atom is -0.379 e. The third-order valence-corrected chi connectivity index (χ3v) is 6.50. The summed E-state index contributed by atoms with van der Waals surface area (Å²) >= 11 is 5.80. The molecule has 2 aliphatic heterocycles. The van der Waals surface area contributed by atoms with Gasteiger partial charge in [0.15, 0.2) is 5.11 Å². The van der Waals surface area contributed by atoms with Gasteiger partial charge in [-0.05, 0) is 60.7 Å². The van der Waals surface area contributed by atoms with Gasteiger partial charge in [0.2, 0.25) is 0 Å². The maximum atomic E-state index is 13.5. The van der Waals surface area contributed by atoms with Gasteiger partial charge in [0.1, 0.15) is 5.82 Å². The molecule has 0 amide bonds. The number of nitrogens with one attached hydrogen (secondary N) is 1. The van der Waals surface area contributed by atoms with E-state index in [9.17, 15) is 4.39 Å². The molecule has 166 valence electrons. The van der Waals surface area contributed by atoms with Crippen molar-refractivity contribution in [3.63, 3.8) is 0 Å². The Balaban J connectivity index is 1.49. The van der Waals surface area contributed by atoms with Gasteiger partial charge in [-0.1, -0.05) is 6.07 Å². The third-order valence-electron chi connectivity index (χ3n) is 6.15. The van der Waals surface area contributed by atoms with Crippen molar-refractivity contribution in [1.29, 1.82) is 0 Å². The van der Waals surface area contributed by atoms with E-state index >= 15 is 0 Å². The van der Waals surface area contributed by atoms with Crippen molar-refractivity contribution >= 4 is 17.3 Å². The van der Waals surface area contributed by atoms with Crippen molar-refractivity contribution in [3.8, 4) is 5.69 Å². The van der Waals surface area contributed by atoms with Crippen molar-refractivity contribution in [1.82, 2.24) is 24.7 Å². The van der Waals surface area contributed by atoms with Crippen LogP contribution in [0.5, 0.6) is 0 Å². The van der Waals surface area contributed by atoms with Crippen LogP contribution in [0.15, 0.2) is 67.0 Å². The molecular formula is C24H26FN5OS. The number of rotatable bonds is 6. The van der Waals surface area contributed by atoms with Gasteiger partial charge in [-0.3, -0.25) is 9.88 Å². The van der Waals surface area contributed by atoms with Crippen LogP contribution in [0.3, 0.4) is 0 Å². The summed E-state index contributed by atoms with van der Waals surface area (Å²) in [5.74, 6) is -0.246. The van der Waals surface area contributed by atoms with Crippen molar-refractivity contribution in [2.24, 2.45) is 0 Å². The molecule has 32 heavy (non-hydrogen) atoms. The Labute approximate surface area is 192 Å². The fourth-order valence-corrected chi connectivity index (χ4v) is 4.85. The first-order valence-corrected chi connectivity index (χ1v) is 11.3. The lowest BCUT2D eigenvalue weighted by atomic mass is 10.0. The van der Waals surface area contributed by atoms with E-state index in [1.807, 2.05) is 36.7 Å². The van der Waals surface area contributed by atoms with E-state index in [4.69, 9.17) is 17.0 Å². The van der Waals surface area contributed by atoms with Gasteiger partial charge in [0.05, 0.1) is 31.0 Å². The molecule has 2 fully saturated rings. The fraction of sp³-hybridized carbons (Fsp3) is 0.333. The third kappa shape index (κ3) is 4.26. The van der Waals surface area contributed by atoms with Crippen molar-refractivity contribution in [2.45, 2.75) is 12.1 Å². The summed E-state index contributed by atoms with van der Waals surface area (Å²) in [5, 5.41) is 4.24. The molecule has 2 atom stereocenters. The van der Waals surface area contributed by atoms with E-state index in [1.54, 1.807) is 12.1 Å². The zero-order valence-corrected chi connectivity index (χ0v) is 18.5. The molecular weight excluding hydrogens is 425 g/mol. The van der Waals surface area contributed by atoms with Crippen molar-refractivity contribution in [2.75, 3.05) is 39.4 Å². The number of hydrogen-bond donors (Lipinski definition) is 1. The summed E-state index contributed by atoms with van der Waals surface area (Å²) in [6.45, 7) is 5.14. The van der Waals surface area contributed by atoms with Gasteiger partial charge in [-0.25, -0.2) is 4.39 Å². The minimum atomic E-state index is -0.246. The number of halogens is 1. The zero-order valence-electron chi connectivity index (χ0n) is 17.7. The van der Waals surface area contributed by atoms with Gasteiger partial charge >= 0.3 is 0 Å². The molecule has 1 aromatic carbocycles. The van der Waals surface area contributed by atoms with Crippen LogP contribution in [0, 0.1) is 5.82 Å². The van der Waals surface area contributed by atoms with Crippen LogP contribution in [-0.4, -0.2) is 63.9 Å². The standard InChI is InChI=1S/C24H26FN5OS/c25-18-6-8-19(9-7-18)29-11-3-5-21(29)23-22(20-4-1-2-10-26-20)27-24(32)30(23)13-12-28-14-16-31-17-15-28/h1-11,22-23H,12-17H2,(H,27,32)/t22-,23+/m1/s1. The van der Waals surface area contributed by atoms with E-state index in [-0.39, 0.29) is 17.9 Å². The number of nitrogens with zero attached hydrogens (tertiary/aromatic N) is 4. The molecule has 6 nitrogen and oxygen atoms in total. The highest BCUT2D eigenvalue weighted by Crippen LogP contribution is 2.39. The monoisotopic (exact) mass is 451 g/mol. The number of thiocarbonyl (C=S) groups is 1. The lowest BCUT2D eigenvalue weighted by Crippen LogP contribution is -2.42. The van der Waals surface area contributed by atoms with Gasteiger partial charge in [-0.2, -0.15) is 0 Å². The second kappa shape index (κ2) is 9.36. The maximum Gasteiger partial charge on any atom is 0.170 e. The Bertz CT molecular complexity index is 1050. The zero-order chi connectivity index (χ0) is 21.9. The first kappa shape index (κ1) is 21.1. The summed E-state index contributed by atoms with van der Waals surface area (Å²) in [6, 6.07) is 16.5. The lowest BCUT2D eigenvalue weighted by molar-refractivity contribution is 0.0349. The number of ether oxygens (including phenoxy) is 1. The van der Waals surface area contributed by atoms with Crippen LogP contribution in [0.1, 0.15) is 23.5 Å². The fourth-order valence-electron chi connectivity index (χ4n) is 4.51. The summed E-state index contributed by atoms with van der Waals surface area (Å²) in [5.41, 5.74) is 2.94. The largest absolute Gasteiger partial charge is 0.379 e. The molecule has 2 aliphatic rings. The molecule has 5 rings (SSSR count). The first-order chi connectivity index (χ1) is 15.7. The average molecular weight is 452 g/mol. The maximum absolute atomic E-state index is 13.5. The quantitative estimate of drug-likeness (QED) is 0.581. The van der Waals surface area contributed by atoms with E-state index in [0.717, 1.165) is 61.6 Å². The molecule has 3 aromatic rings. The first-order valence-electron chi connectivity index (χ1n) is 10.9. The van der Waals surface area contributed by atoms with Gasteiger partial charge in [0.25, 0.3) is 0 Å². The molecule has 0 aliphatic carbocycles. The SMILES string of the molecule is Fc1ccc(-n2cccc2[C@H]2[C@@H](c3ccccn3)NC(=S)N2CCN2CCOCC2)cc1. The number of morpholine rings is 1. The summed E-state index contributed by atoms with van der Waals surface area (Å²) < 4.78 is 21.1. The second-order valence-electron chi connectivity index (χ2n) is 8.05. The van der Waals surface area contributed by atoms with Crippen molar-refractivity contribution < 1.29 is 9.13 Å². The van der Waals surface area contributed by atoms with Crippen molar-refractivity contribution in [3.05, 3.63) is 84.2 Å². The highest BCUT2D eigenvalue weighted by Gasteiger charge is 2.41. The van der Waals surface area contributed by atoms with Crippen LogP contribution in [0.2, 0.25) is 0 Å². The molecule has 1 N–H and O–H groups in total. The van der Waals surface area contributed by atoms with E-state index in [2.05, 4.69) is 30.7 Å². The van der Waals surface area contributed by atoms with Gasteiger partial charge in [0, 0.05) is 50.0 Å². The van der Waals surface area contributed by atoms with Crippen LogP contribution in [0.25, 0.3) is 5.69 Å². The average Bonchev–Trinajstić information content (AvgIpc) is 3.43. The summed E-state index contributed by atoms with van der Waals surface area (Å²) in [4.78, 5) is 9.30. The Kier molecular flexibility index (Phi) is 6.16. The van der Waals surface area contributed by atoms with Gasteiger partial charge in [-0.15, -0.1) is 0 Å². The predicted molar refractivity (Wildman–Crippen MR) is 125 cm³/mol. The number of aromatic nitrogens is 2. The Morgan fingerprint density at radius 2 is 1.84 bits per heavy atom. The van der Waals surface area contributed by atoms with Crippen LogP contribution < -0.4 is 5.32 Å². The van der Waals surface area contributed by atoms with E-state index < -0.39 is 0 Å². The van der Waals surface area contributed by atoms with Crippen LogP contribution in [-0.2, 0) is 4.74 Å². The predicted octanol–water partition coefficient (Wildman–Crippen LogP) is 3.32. The summed E-state index contributed by atoms with van der Waals surface area (Å²) in [6.07, 6.45) is 3.83. The highest BCUT2D eigenvalue weighted by molar-refractivity contribution is 7.80. The van der Waals surface area contributed by atoms with Gasteiger partial charge < -0.3 is 19.5 Å². The summed E-state index contributed by atoms with van der Waals surface area (Å²) in [7, 11) is 0. The molecule has 0 saturated carbocycles. The molecule has 0 bridgehead atoms. The molecule has 4 heterocycles. The number of hydrogen-bond acceptors (Lipinski definition) is 4. The Morgan fingerprint density at radius 3 is 2.59 bits per heavy atom. The highest BCUT2D eigenvalue weighted by atomic mass is 32.1. The van der Waals surface area contributed by atoms with Crippen LogP contribution >= 0.6 is 12.2 Å². The molecule has 8 heteroatoms. The topological polar surface area (TPSA) is 45.6 Å². The molecule has 2 saturated heterocycles. The van der Waals surface area contributed by atoms with Crippen LogP contribution in [0.4, 0.5) is 4.39 Å². The number of pyridine rings is 1. The molecule has 0 spiro atoms. The normalized spacial score (nSPS) is 21.7. The molecule has 2 aromatic heterocycles. The van der Waals surface area contributed by atoms with E-state index in [1.165, 1.54) is 12.1 Å².